The molecule has 0 spiro atoms. The predicted molar refractivity (Wildman–Crippen MR) is 105 cm³/mol. The van der Waals surface area contributed by atoms with Crippen molar-refractivity contribution in [2.24, 2.45) is 5.92 Å². The van der Waals surface area contributed by atoms with Crippen LogP contribution in [0.15, 0.2) is 61.1 Å². The number of nitrogens with zero attached hydrogens (tertiary/aromatic N) is 3. The van der Waals surface area contributed by atoms with Gasteiger partial charge >= 0.3 is 0 Å². The van der Waals surface area contributed by atoms with Crippen molar-refractivity contribution < 1.29 is 5.11 Å². The first-order valence-corrected chi connectivity index (χ1v) is 8.86. The van der Waals surface area contributed by atoms with E-state index in [9.17, 15) is 5.11 Å². The van der Waals surface area contributed by atoms with Crippen LogP contribution in [0, 0.1) is 5.92 Å². The number of aromatic nitrogens is 3. The molecule has 2 aromatic carbocycles. The summed E-state index contributed by atoms with van der Waals surface area (Å²) < 4.78 is 2.04. The summed E-state index contributed by atoms with van der Waals surface area (Å²) in [4.78, 5) is 9.01. The Labute approximate surface area is 152 Å². The van der Waals surface area contributed by atoms with E-state index in [1.807, 2.05) is 28.9 Å². The van der Waals surface area contributed by atoms with Crippen molar-refractivity contribution in [2.45, 2.75) is 19.9 Å². The van der Waals surface area contributed by atoms with E-state index in [1.54, 1.807) is 6.20 Å². The van der Waals surface area contributed by atoms with E-state index in [0.29, 0.717) is 5.82 Å². The third-order valence-electron chi connectivity index (χ3n) is 4.80. The molecule has 1 atom stereocenters. The van der Waals surface area contributed by atoms with Crippen LogP contribution in [-0.2, 0) is 0 Å². The summed E-state index contributed by atoms with van der Waals surface area (Å²) in [6, 6.07) is 14.7. The highest BCUT2D eigenvalue weighted by Gasteiger charge is 2.16. The number of aliphatic hydroxyl groups is 1. The largest absolute Gasteiger partial charge is 0.394 e. The molecule has 0 fully saturated rings. The van der Waals surface area contributed by atoms with Gasteiger partial charge in [-0.15, -0.1) is 0 Å². The molecular formula is C21H22N4O. The Morgan fingerprint density at radius 1 is 1.08 bits per heavy atom. The Hall–Kier alpha value is -2.92. The number of benzene rings is 2. The zero-order valence-electron chi connectivity index (χ0n) is 14.9. The molecule has 0 aliphatic heterocycles. The molecule has 2 N–H and O–H groups in total. The lowest BCUT2D eigenvalue weighted by atomic mass is 10.1. The van der Waals surface area contributed by atoms with E-state index in [4.69, 9.17) is 0 Å². The van der Waals surface area contributed by atoms with Crippen molar-refractivity contribution in [3.63, 3.8) is 0 Å². The molecular weight excluding hydrogens is 324 g/mol. The minimum Gasteiger partial charge on any atom is -0.394 e. The standard InChI is InChI=1S/C21H22N4O/c1-14(2)18(13-26)24-20-21-23-12-19(25(21)10-9-22-20)17-8-7-15-5-3-4-6-16(15)11-17/h3-12,14,18,26H,13H2,1-2H3,(H,22,24). The molecule has 0 aliphatic rings. The number of imidazole rings is 1. The van der Waals surface area contributed by atoms with Crippen molar-refractivity contribution in [3.8, 4) is 11.3 Å². The molecule has 132 valence electrons. The van der Waals surface area contributed by atoms with Crippen LogP contribution in [0.4, 0.5) is 5.82 Å². The number of hydrogen-bond acceptors (Lipinski definition) is 4. The maximum atomic E-state index is 9.60. The minimum absolute atomic E-state index is 0.0542. The molecule has 0 bridgehead atoms. The lowest BCUT2D eigenvalue weighted by Gasteiger charge is -2.20. The van der Waals surface area contributed by atoms with Gasteiger partial charge in [-0.2, -0.15) is 0 Å². The van der Waals surface area contributed by atoms with Gasteiger partial charge in [-0.1, -0.05) is 50.2 Å². The molecule has 0 saturated carbocycles. The highest BCUT2D eigenvalue weighted by molar-refractivity contribution is 5.87. The van der Waals surface area contributed by atoms with Gasteiger partial charge in [-0.05, 0) is 22.8 Å². The minimum atomic E-state index is -0.0606. The first-order valence-electron chi connectivity index (χ1n) is 8.86. The molecule has 0 saturated heterocycles. The third kappa shape index (κ3) is 2.91. The van der Waals surface area contributed by atoms with Gasteiger partial charge in [0.15, 0.2) is 11.5 Å². The maximum absolute atomic E-state index is 9.60. The second-order valence-corrected chi connectivity index (χ2v) is 6.85. The fourth-order valence-electron chi connectivity index (χ4n) is 3.18. The van der Waals surface area contributed by atoms with Crippen LogP contribution >= 0.6 is 0 Å². The average molecular weight is 346 g/mol. The van der Waals surface area contributed by atoms with Crippen LogP contribution < -0.4 is 5.32 Å². The summed E-state index contributed by atoms with van der Waals surface area (Å²) in [7, 11) is 0. The SMILES string of the molecule is CC(C)C(CO)Nc1nccn2c(-c3ccc4ccccc4c3)cnc12. The van der Waals surface area contributed by atoms with Crippen molar-refractivity contribution in [1.29, 1.82) is 0 Å². The van der Waals surface area contributed by atoms with Gasteiger partial charge in [-0.3, -0.25) is 4.40 Å². The normalized spacial score (nSPS) is 12.8. The molecule has 4 rings (SSSR count). The van der Waals surface area contributed by atoms with E-state index < -0.39 is 0 Å². The van der Waals surface area contributed by atoms with Crippen LogP contribution in [0.2, 0.25) is 0 Å². The fourth-order valence-corrected chi connectivity index (χ4v) is 3.18. The predicted octanol–water partition coefficient (Wildman–Crippen LogP) is 3.98. The Kier molecular flexibility index (Phi) is 4.31. The molecule has 2 heterocycles. The van der Waals surface area contributed by atoms with Crippen LogP contribution in [0.1, 0.15) is 13.8 Å². The summed E-state index contributed by atoms with van der Waals surface area (Å²) in [6.45, 7) is 4.19. The highest BCUT2D eigenvalue weighted by Crippen LogP contribution is 2.27. The van der Waals surface area contributed by atoms with Gasteiger partial charge in [0.1, 0.15) is 0 Å². The zero-order chi connectivity index (χ0) is 18.1. The van der Waals surface area contributed by atoms with Crippen molar-refractivity contribution in [3.05, 3.63) is 61.1 Å². The number of rotatable bonds is 5. The lowest BCUT2D eigenvalue weighted by Crippen LogP contribution is -2.30. The Balaban J connectivity index is 1.78. The molecule has 26 heavy (non-hydrogen) atoms. The molecule has 2 aromatic heterocycles. The first-order chi connectivity index (χ1) is 12.7. The molecule has 5 nitrogen and oxygen atoms in total. The molecule has 0 aliphatic carbocycles. The van der Waals surface area contributed by atoms with Crippen LogP contribution in [0.25, 0.3) is 27.7 Å². The number of aliphatic hydroxyl groups excluding tert-OH is 1. The van der Waals surface area contributed by atoms with Gasteiger partial charge in [-0.25, -0.2) is 9.97 Å². The maximum Gasteiger partial charge on any atom is 0.180 e. The smallest absolute Gasteiger partial charge is 0.180 e. The number of hydrogen-bond donors (Lipinski definition) is 2. The molecule has 1 unspecified atom stereocenters. The number of fused-ring (bicyclic) bond motifs is 2. The summed E-state index contributed by atoms with van der Waals surface area (Å²) >= 11 is 0. The average Bonchev–Trinajstić information content (AvgIpc) is 3.10. The summed E-state index contributed by atoms with van der Waals surface area (Å²) in [6.07, 6.45) is 5.55. The quantitative estimate of drug-likeness (QED) is 0.574. The molecule has 5 heteroatoms. The van der Waals surface area contributed by atoms with Crippen molar-refractivity contribution in [1.82, 2.24) is 14.4 Å². The van der Waals surface area contributed by atoms with Crippen LogP contribution in [0.3, 0.4) is 0 Å². The highest BCUT2D eigenvalue weighted by atomic mass is 16.3. The zero-order valence-corrected chi connectivity index (χ0v) is 14.9. The van der Waals surface area contributed by atoms with Crippen molar-refractivity contribution >= 4 is 22.2 Å². The molecule has 4 aromatic rings. The van der Waals surface area contributed by atoms with E-state index in [0.717, 1.165) is 16.9 Å². The second kappa shape index (κ2) is 6.77. The van der Waals surface area contributed by atoms with Crippen molar-refractivity contribution in [2.75, 3.05) is 11.9 Å². The van der Waals surface area contributed by atoms with Crippen LogP contribution in [-0.4, -0.2) is 32.1 Å². The monoisotopic (exact) mass is 346 g/mol. The van der Waals surface area contributed by atoms with Gasteiger partial charge in [0, 0.05) is 18.0 Å². The Morgan fingerprint density at radius 3 is 2.65 bits per heavy atom. The van der Waals surface area contributed by atoms with E-state index in [2.05, 4.69) is 59.5 Å². The fraction of sp³-hybridized carbons (Fsp3) is 0.238. The van der Waals surface area contributed by atoms with E-state index >= 15 is 0 Å². The van der Waals surface area contributed by atoms with E-state index in [1.165, 1.54) is 10.8 Å². The first kappa shape index (κ1) is 16.5. The van der Waals surface area contributed by atoms with E-state index in [-0.39, 0.29) is 18.6 Å². The molecule has 0 amide bonds. The lowest BCUT2D eigenvalue weighted by molar-refractivity contribution is 0.249. The molecule has 0 radical (unpaired) electrons. The Morgan fingerprint density at radius 2 is 1.88 bits per heavy atom. The summed E-state index contributed by atoms with van der Waals surface area (Å²) in [5.41, 5.74) is 2.88. The topological polar surface area (TPSA) is 62.5 Å². The van der Waals surface area contributed by atoms with Gasteiger partial charge in [0.2, 0.25) is 0 Å². The van der Waals surface area contributed by atoms with Crippen LogP contribution in [0.5, 0.6) is 0 Å². The van der Waals surface area contributed by atoms with Gasteiger partial charge in [0.05, 0.1) is 24.5 Å². The van der Waals surface area contributed by atoms with Gasteiger partial charge in [0.25, 0.3) is 0 Å². The third-order valence-corrected chi connectivity index (χ3v) is 4.80. The summed E-state index contributed by atoms with van der Waals surface area (Å²) in [5, 5.41) is 15.3. The number of anilines is 1. The summed E-state index contributed by atoms with van der Waals surface area (Å²) in [5.74, 6) is 0.976. The number of nitrogens with one attached hydrogen (secondary N) is 1. The Bertz CT molecular complexity index is 1050. The van der Waals surface area contributed by atoms with Gasteiger partial charge < -0.3 is 10.4 Å². The second-order valence-electron chi connectivity index (χ2n) is 6.85.